The van der Waals surface area contributed by atoms with Crippen molar-refractivity contribution >= 4 is 15.9 Å². The number of nitrogens with one attached hydrogen (secondary N) is 1. The van der Waals surface area contributed by atoms with Crippen LogP contribution >= 0.6 is 0 Å². The van der Waals surface area contributed by atoms with E-state index < -0.39 is 9.84 Å². The molecular formula is C6H14N2O3S. The van der Waals surface area contributed by atoms with Crippen LogP contribution in [0.15, 0.2) is 0 Å². The van der Waals surface area contributed by atoms with Crippen molar-refractivity contribution in [3.63, 3.8) is 0 Å². The maximum atomic E-state index is 10.8. The van der Waals surface area contributed by atoms with Crippen LogP contribution in [0, 0.1) is 0 Å². The van der Waals surface area contributed by atoms with E-state index in [1.54, 1.807) is 7.05 Å². The number of nitrogens with zero attached hydrogens (tertiary/aromatic N) is 1. The number of hydrogen-bond acceptors (Lipinski definition) is 3. The Morgan fingerprint density at radius 1 is 1.50 bits per heavy atom. The highest BCUT2D eigenvalue weighted by Gasteiger charge is 2.08. The SMILES string of the molecule is CNC(=O)N(C)CCS(C)(=O)=O. The minimum atomic E-state index is -2.98. The molecule has 2 amide bonds. The first kappa shape index (κ1) is 11.2. The third-order valence-corrected chi connectivity index (χ3v) is 2.28. The summed E-state index contributed by atoms with van der Waals surface area (Å²) >= 11 is 0. The third-order valence-electron chi connectivity index (χ3n) is 1.36. The Hall–Kier alpha value is -0.780. The molecule has 0 spiro atoms. The maximum absolute atomic E-state index is 10.8. The van der Waals surface area contributed by atoms with Gasteiger partial charge in [0.05, 0.1) is 5.75 Å². The summed E-state index contributed by atoms with van der Waals surface area (Å²) in [5.74, 6) is -0.00306. The van der Waals surface area contributed by atoms with Crippen molar-refractivity contribution in [2.24, 2.45) is 0 Å². The molecule has 0 saturated heterocycles. The number of urea groups is 1. The quantitative estimate of drug-likeness (QED) is 0.646. The Kier molecular flexibility index (Phi) is 4.02. The molecule has 0 saturated carbocycles. The van der Waals surface area contributed by atoms with E-state index in [4.69, 9.17) is 0 Å². The Balaban J connectivity index is 3.88. The molecule has 0 unspecified atom stereocenters. The molecule has 1 N–H and O–H groups in total. The minimum Gasteiger partial charge on any atom is -0.341 e. The first-order valence-electron chi connectivity index (χ1n) is 3.47. The van der Waals surface area contributed by atoms with E-state index in [1.807, 2.05) is 0 Å². The highest BCUT2D eigenvalue weighted by Crippen LogP contribution is 1.87. The second-order valence-corrected chi connectivity index (χ2v) is 4.87. The normalized spacial score (nSPS) is 10.9. The summed E-state index contributed by atoms with van der Waals surface area (Å²) in [6.45, 7) is 0.221. The first-order valence-corrected chi connectivity index (χ1v) is 5.53. The standard InChI is InChI=1S/C6H14N2O3S/c1-7-6(9)8(2)4-5-12(3,10)11/h4-5H2,1-3H3,(H,7,9). The van der Waals surface area contributed by atoms with Gasteiger partial charge in [-0.2, -0.15) is 0 Å². The third kappa shape index (κ3) is 4.95. The fourth-order valence-electron chi connectivity index (χ4n) is 0.595. The van der Waals surface area contributed by atoms with Crippen LogP contribution < -0.4 is 5.32 Å². The Labute approximate surface area is 72.7 Å². The second kappa shape index (κ2) is 4.30. The fraction of sp³-hybridized carbons (Fsp3) is 0.833. The Morgan fingerprint density at radius 2 is 2.00 bits per heavy atom. The number of hydrogen-bond donors (Lipinski definition) is 1. The van der Waals surface area contributed by atoms with Gasteiger partial charge in [-0.1, -0.05) is 0 Å². The number of carbonyl (C=O) groups excluding carboxylic acids is 1. The van der Waals surface area contributed by atoms with Crippen molar-refractivity contribution in [2.45, 2.75) is 0 Å². The summed E-state index contributed by atoms with van der Waals surface area (Å²) in [6.07, 6.45) is 1.14. The lowest BCUT2D eigenvalue weighted by molar-refractivity contribution is 0.213. The van der Waals surface area contributed by atoms with E-state index in [2.05, 4.69) is 5.32 Å². The lowest BCUT2D eigenvalue weighted by Crippen LogP contribution is -2.37. The summed E-state index contributed by atoms with van der Waals surface area (Å²) in [6, 6.07) is -0.279. The van der Waals surface area contributed by atoms with Crippen LogP contribution in [0.2, 0.25) is 0 Å². The topological polar surface area (TPSA) is 66.5 Å². The molecule has 0 heterocycles. The van der Waals surface area contributed by atoms with Crippen LogP contribution in [-0.2, 0) is 9.84 Å². The van der Waals surface area contributed by atoms with Crippen molar-refractivity contribution in [1.82, 2.24) is 10.2 Å². The molecule has 0 bridgehead atoms. The first-order chi connectivity index (χ1) is 5.37. The summed E-state index contributed by atoms with van der Waals surface area (Å²) in [5, 5.41) is 2.39. The number of rotatable bonds is 3. The molecule has 0 aliphatic carbocycles. The molecule has 0 atom stereocenters. The zero-order chi connectivity index (χ0) is 9.78. The lowest BCUT2D eigenvalue weighted by Gasteiger charge is -2.15. The molecule has 0 aliphatic rings. The van der Waals surface area contributed by atoms with Gasteiger partial charge in [-0.15, -0.1) is 0 Å². The van der Waals surface area contributed by atoms with Crippen LogP contribution in [0.5, 0.6) is 0 Å². The molecule has 0 fully saturated rings. The van der Waals surface area contributed by atoms with E-state index in [0.29, 0.717) is 0 Å². The second-order valence-electron chi connectivity index (χ2n) is 2.61. The van der Waals surface area contributed by atoms with Gasteiger partial charge in [-0.3, -0.25) is 0 Å². The Bertz CT molecular complexity index is 248. The largest absolute Gasteiger partial charge is 0.341 e. The highest BCUT2D eigenvalue weighted by molar-refractivity contribution is 7.90. The molecule has 72 valence electrons. The molecular weight excluding hydrogens is 180 g/mol. The van der Waals surface area contributed by atoms with E-state index in [9.17, 15) is 13.2 Å². The van der Waals surface area contributed by atoms with E-state index in [0.717, 1.165) is 6.26 Å². The molecule has 0 radical (unpaired) electrons. The zero-order valence-electron chi connectivity index (χ0n) is 7.49. The lowest BCUT2D eigenvalue weighted by atomic mass is 10.6. The van der Waals surface area contributed by atoms with Gasteiger partial charge < -0.3 is 10.2 Å². The predicted octanol–water partition coefficient (Wildman–Crippen LogP) is -0.698. The fourth-order valence-corrected chi connectivity index (χ4v) is 1.20. The van der Waals surface area contributed by atoms with Gasteiger partial charge in [0.15, 0.2) is 0 Å². The Morgan fingerprint density at radius 3 is 2.33 bits per heavy atom. The highest BCUT2D eigenvalue weighted by atomic mass is 32.2. The van der Waals surface area contributed by atoms with E-state index in [-0.39, 0.29) is 18.3 Å². The molecule has 0 aliphatic heterocycles. The van der Waals surface area contributed by atoms with Gasteiger partial charge in [-0.05, 0) is 0 Å². The van der Waals surface area contributed by atoms with Crippen LogP contribution in [0.1, 0.15) is 0 Å². The van der Waals surface area contributed by atoms with Crippen molar-refractivity contribution in [1.29, 1.82) is 0 Å². The van der Waals surface area contributed by atoms with Crippen molar-refractivity contribution in [2.75, 3.05) is 32.6 Å². The smallest absolute Gasteiger partial charge is 0.316 e. The van der Waals surface area contributed by atoms with Crippen molar-refractivity contribution in [3.05, 3.63) is 0 Å². The van der Waals surface area contributed by atoms with Crippen LogP contribution in [0.3, 0.4) is 0 Å². The molecule has 5 nitrogen and oxygen atoms in total. The molecule has 0 aromatic carbocycles. The van der Waals surface area contributed by atoms with Gasteiger partial charge in [0.1, 0.15) is 9.84 Å². The van der Waals surface area contributed by atoms with Crippen LogP contribution in [0.4, 0.5) is 4.79 Å². The minimum absolute atomic E-state index is 0.00306. The maximum Gasteiger partial charge on any atom is 0.316 e. The van der Waals surface area contributed by atoms with Gasteiger partial charge in [-0.25, -0.2) is 13.2 Å². The molecule has 0 aromatic heterocycles. The molecule has 12 heavy (non-hydrogen) atoms. The van der Waals surface area contributed by atoms with Crippen LogP contribution in [-0.4, -0.2) is 52.0 Å². The van der Waals surface area contributed by atoms with Crippen molar-refractivity contribution < 1.29 is 13.2 Å². The van der Waals surface area contributed by atoms with Gasteiger partial charge in [0.25, 0.3) is 0 Å². The molecule has 0 rings (SSSR count). The number of sulfone groups is 1. The van der Waals surface area contributed by atoms with E-state index >= 15 is 0 Å². The average molecular weight is 194 g/mol. The molecule has 6 heteroatoms. The van der Waals surface area contributed by atoms with Crippen molar-refractivity contribution in [3.8, 4) is 0 Å². The summed E-state index contributed by atoms with van der Waals surface area (Å²) in [5.41, 5.74) is 0. The van der Waals surface area contributed by atoms with Gasteiger partial charge in [0, 0.05) is 26.9 Å². The average Bonchev–Trinajstić information content (AvgIpc) is 1.97. The zero-order valence-corrected chi connectivity index (χ0v) is 8.31. The number of carbonyl (C=O) groups is 1. The summed E-state index contributed by atoms with van der Waals surface area (Å²) < 4.78 is 21.4. The van der Waals surface area contributed by atoms with Crippen LogP contribution in [0.25, 0.3) is 0 Å². The number of amides is 2. The summed E-state index contributed by atoms with van der Waals surface area (Å²) in [7, 11) is 0.0623. The van der Waals surface area contributed by atoms with E-state index in [1.165, 1.54) is 11.9 Å². The summed E-state index contributed by atoms with van der Waals surface area (Å²) in [4.78, 5) is 12.2. The monoisotopic (exact) mass is 194 g/mol. The molecule has 0 aromatic rings. The van der Waals surface area contributed by atoms with Gasteiger partial charge in [0.2, 0.25) is 0 Å². The predicted molar refractivity (Wildman–Crippen MR) is 46.8 cm³/mol. The van der Waals surface area contributed by atoms with Gasteiger partial charge >= 0.3 is 6.03 Å².